The van der Waals surface area contributed by atoms with Gasteiger partial charge in [-0.3, -0.25) is 0 Å². The van der Waals surface area contributed by atoms with Crippen molar-refractivity contribution in [3.8, 4) is 0 Å². The maximum atomic E-state index is 9.05. The van der Waals surface area contributed by atoms with E-state index in [9.17, 15) is 0 Å². The summed E-state index contributed by atoms with van der Waals surface area (Å²) in [5.74, 6) is 0. The predicted octanol–water partition coefficient (Wildman–Crippen LogP) is 0.0510. The van der Waals surface area contributed by atoms with Crippen LogP contribution < -0.4 is 5.32 Å². The van der Waals surface area contributed by atoms with E-state index < -0.39 is 0 Å². The van der Waals surface area contributed by atoms with Crippen LogP contribution >= 0.6 is 0 Å². The minimum absolute atomic E-state index is 0.141. The van der Waals surface area contributed by atoms with E-state index in [4.69, 9.17) is 5.11 Å². The van der Waals surface area contributed by atoms with E-state index in [0.29, 0.717) is 0 Å². The zero-order valence-corrected chi connectivity index (χ0v) is 8.30. The first-order valence-corrected chi connectivity index (χ1v) is 4.68. The number of piperazine rings is 1. The Morgan fingerprint density at radius 1 is 1.58 bits per heavy atom. The Morgan fingerprint density at radius 3 is 2.75 bits per heavy atom. The van der Waals surface area contributed by atoms with Crippen LogP contribution in [-0.4, -0.2) is 47.8 Å². The molecular formula is C9H20N2O. The Hall–Kier alpha value is -0.120. The Labute approximate surface area is 74.8 Å². The van der Waals surface area contributed by atoms with Crippen molar-refractivity contribution in [2.45, 2.75) is 32.4 Å². The molecule has 0 spiro atoms. The molecule has 1 saturated heterocycles. The molecule has 72 valence electrons. The van der Waals surface area contributed by atoms with Gasteiger partial charge in [-0.2, -0.15) is 0 Å². The van der Waals surface area contributed by atoms with Gasteiger partial charge in [0, 0.05) is 24.7 Å². The maximum absolute atomic E-state index is 9.05. The second kappa shape index (κ2) is 3.73. The van der Waals surface area contributed by atoms with Gasteiger partial charge < -0.3 is 15.3 Å². The normalized spacial score (nSPS) is 30.5. The second-order valence-corrected chi connectivity index (χ2v) is 4.24. The van der Waals surface area contributed by atoms with Gasteiger partial charge in [0.05, 0.1) is 6.61 Å². The lowest BCUT2D eigenvalue weighted by molar-refractivity contribution is 0.0903. The molecule has 1 heterocycles. The molecule has 0 unspecified atom stereocenters. The molecule has 0 aliphatic carbocycles. The number of rotatable bonds is 2. The molecule has 1 aliphatic rings. The Morgan fingerprint density at radius 2 is 2.25 bits per heavy atom. The first-order chi connectivity index (χ1) is 5.57. The Kier molecular flexibility index (Phi) is 3.09. The lowest BCUT2D eigenvalue weighted by Crippen LogP contribution is -2.62. The molecule has 1 fully saturated rings. The Balaban J connectivity index is 2.53. The van der Waals surface area contributed by atoms with Gasteiger partial charge >= 0.3 is 0 Å². The summed E-state index contributed by atoms with van der Waals surface area (Å²) in [5, 5.41) is 12.5. The van der Waals surface area contributed by atoms with Crippen molar-refractivity contribution in [1.82, 2.24) is 10.2 Å². The van der Waals surface area contributed by atoms with Crippen molar-refractivity contribution in [2.24, 2.45) is 0 Å². The molecule has 0 radical (unpaired) electrons. The zero-order valence-electron chi connectivity index (χ0n) is 8.30. The van der Waals surface area contributed by atoms with E-state index in [1.807, 2.05) is 0 Å². The van der Waals surface area contributed by atoms with Crippen molar-refractivity contribution in [3.63, 3.8) is 0 Å². The molecule has 0 saturated carbocycles. The average Bonchev–Trinajstić information content (AvgIpc) is 2.01. The van der Waals surface area contributed by atoms with Crippen LogP contribution in [0.2, 0.25) is 0 Å². The van der Waals surface area contributed by atoms with Gasteiger partial charge in [0.2, 0.25) is 0 Å². The van der Waals surface area contributed by atoms with Gasteiger partial charge in [0.25, 0.3) is 0 Å². The monoisotopic (exact) mass is 172 g/mol. The van der Waals surface area contributed by atoms with Crippen LogP contribution in [0.25, 0.3) is 0 Å². The molecule has 12 heavy (non-hydrogen) atoms. The Bertz CT molecular complexity index is 133. The average molecular weight is 172 g/mol. The third-order valence-corrected chi connectivity index (χ3v) is 2.36. The van der Waals surface area contributed by atoms with E-state index in [1.54, 1.807) is 0 Å². The van der Waals surface area contributed by atoms with Crippen LogP contribution in [0.4, 0.5) is 0 Å². The van der Waals surface area contributed by atoms with E-state index in [2.05, 4.69) is 31.0 Å². The fraction of sp³-hybridized carbons (Fsp3) is 1.00. The molecule has 1 aliphatic heterocycles. The first kappa shape index (κ1) is 9.96. The van der Waals surface area contributed by atoms with E-state index >= 15 is 0 Å². The summed E-state index contributed by atoms with van der Waals surface area (Å²) in [6.45, 7) is 9.86. The number of nitrogens with one attached hydrogen (secondary N) is 1. The third-order valence-electron chi connectivity index (χ3n) is 2.36. The zero-order chi connectivity index (χ0) is 9.19. The van der Waals surface area contributed by atoms with Crippen molar-refractivity contribution < 1.29 is 5.11 Å². The van der Waals surface area contributed by atoms with Crippen LogP contribution in [0.1, 0.15) is 20.8 Å². The quantitative estimate of drug-likeness (QED) is 0.618. The molecule has 0 aromatic heterocycles. The molecular weight excluding hydrogens is 152 g/mol. The smallest absolute Gasteiger partial charge is 0.0597 e. The number of hydrogen-bond acceptors (Lipinski definition) is 3. The molecule has 0 aromatic rings. The number of aliphatic hydroxyl groups is 1. The highest BCUT2D eigenvalue weighted by Gasteiger charge is 2.30. The molecule has 1 atom stereocenters. The van der Waals surface area contributed by atoms with E-state index in [0.717, 1.165) is 19.6 Å². The van der Waals surface area contributed by atoms with Gasteiger partial charge in [0.1, 0.15) is 0 Å². The van der Waals surface area contributed by atoms with Gasteiger partial charge in [-0.15, -0.1) is 0 Å². The largest absolute Gasteiger partial charge is 0.395 e. The fourth-order valence-electron chi connectivity index (χ4n) is 1.92. The van der Waals surface area contributed by atoms with Crippen molar-refractivity contribution in [3.05, 3.63) is 0 Å². The van der Waals surface area contributed by atoms with Crippen LogP contribution in [-0.2, 0) is 0 Å². The van der Waals surface area contributed by atoms with Crippen LogP contribution in [0.15, 0.2) is 0 Å². The fourth-order valence-corrected chi connectivity index (χ4v) is 1.92. The molecule has 3 heteroatoms. The minimum Gasteiger partial charge on any atom is -0.395 e. The molecule has 0 aromatic carbocycles. The van der Waals surface area contributed by atoms with E-state index in [-0.39, 0.29) is 18.2 Å². The van der Waals surface area contributed by atoms with Crippen molar-refractivity contribution in [1.29, 1.82) is 0 Å². The maximum Gasteiger partial charge on any atom is 0.0597 e. The van der Waals surface area contributed by atoms with Crippen LogP contribution in [0.3, 0.4) is 0 Å². The highest BCUT2D eigenvalue weighted by molar-refractivity contribution is 4.91. The number of aliphatic hydroxyl groups excluding tert-OH is 1. The summed E-state index contributed by atoms with van der Waals surface area (Å²) >= 11 is 0. The summed E-state index contributed by atoms with van der Waals surface area (Å²) < 4.78 is 0. The van der Waals surface area contributed by atoms with Crippen molar-refractivity contribution >= 4 is 0 Å². The summed E-state index contributed by atoms with van der Waals surface area (Å²) in [5.41, 5.74) is 0.141. The minimum atomic E-state index is 0.141. The first-order valence-electron chi connectivity index (χ1n) is 4.68. The van der Waals surface area contributed by atoms with Crippen LogP contribution in [0, 0.1) is 0 Å². The highest BCUT2D eigenvalue weighted by Crippen LogP contribution is 2.12. The summed E-state index contributed by atoms with van der Waals surface area (Å²) in [4.78, 5) is 2.37. The van der Waals surface area contributed by atoms with Gasteiger partial charge in [-0.25, -0.2) is 0 Å². The molecule has 0 bridgehead atoms. The SMILES string of the molecule is CCN1C[C@@H](CO)NC(C)(C)C1. The highest BCUT2D eigenvalue weighted by atomic mass is 16.3. The number of nitrogens with zero attached hydrogens (tertiary/aromatic N) is 1. The lowest BCUT2D eigenvalue weighted by Gasteiger charge is -2.42. The standard InChI is InChI=1S/C9H20N2O/c1-4-11-5-8(6-12)10-9(2,3)7-11/h8,10,12H,4-7H2,1-3H3/t8-/m0/s1. The lowest BCUT2D eigenvalue weighted by atomic mass is 9.99. The number of hydrogen-bond donors (Lipinski definition) is 2. The second-order valence-electron chi connectivity index (χ2n) is 4.24. The van der Waals surface area contributed by atoms with Gasteiger partial charge in [0.15, 0.2) is 0 Å². The van der Waals surface area contributed by atoms with Gasteiger partial charge in [-0.1, -0.05) is 6.92 Å². The van der Waals surface area contributed by atoms with Crippen molar-refractivity contribution in [2.75, 3.05) is 26.2 Å². The molecule has 0 amide bonds. The third kappa shape index (κ3) is 2.44. The summed E-state index contributed by atoms with van der Waals surface area (Å²) in [6.07, 6.45) is 0. The molecule has 2 N–H and O–H groups in total. The summed E-state index contributed by atoms with van der Waals surface area (Å²) in [6, 6.07) is 0.244. The predicted molar refractivity (Wildman–Crippen MR) is 50.2 cm³/mol. The number of likely N-dealkylation sites (N-methyl/N-ethyl adjacent to an activating group) is 1. The molecule has 3 nitrogen and oxygen atoms in total. The van der Waals surface area contributed by atoms with Gasteiger partial charge in [-0.05, 0) is 20.4 Å². The van der Waals surface area contributed by atoms with Crippen LogP contribution in [0.5, 0.6) is 0 Å². The van der Waals surface area contributed by atoms with E-state index in [1.165, 1.54) is 0 Å². The topological polar surface area (TPSA) is 35.5 Å². The summed E-state index contributed by atoms with van der Waals surface area (Å²) in [7, 11) is 0. The molecule has 1 rings (SSSR count).